The third-order valence-electron chi connectivity index (χ3n) is 6.32. The zero-order valence-corrected chi connectivity index (χ0v) is 23.5. The van der Waals surface area contributed by atoms with Crippen LogP contribution in [0, 0.1) is 6.92 Å². The lowest BCUT2D eigenvalue weighted by Crippen LogP contribution is -2.52. The molecule has 0 heterocycles. The highest BCUT2D eigenvalue weighted by Crippen LogP contribution is 2.23. The molecule has 0 radical (unpaired) electrons. The van der Waals surface area contributed by atoms with Gasteiger partial charge in [0.2, 0.25) is 11.8 Å². The Kier molecular flexibility index (Phi) is 11.6. The zero-order chi connectivity index (χ0) is 26.6. The third kappa shape index (κ3) is 9.56. The molecule has 0 spiro atoms. The Morgan fingerprint density at radius 3 is 2.35 bits per heavy atom. The van der Waals surface area contributed by atoms with Crippen LogP contribution in [0.1, 0.15) is 49.8 Å². The Bertz CT molecular complexity index is 1140. The van der Waals surface area contributed by atoms with Gasteiger partial charge in [0.1, 0.15) is 6.04 Å². The van der Waals surface area contributed by atoms with Crippen molar-refractivity contribution in [2.24, 2.45) is 0 Å². The van der Waals surface area contributed by atoms with Gasteiger partial charge in [-0.3, -0.25) is 9.59 Å². The van der Waals surface area contributed by atoms with Gasteiger partial charge in [0.15, 0.2) is 0 Å². The van der Waals surface area contributed by atoms with Crippen molar-refractivity contribution in [3.05, 3.63) is 101 Å². The van der Waals surface area contributed by atoms with E-state index in [4.69, 9.17) is 11.6 Å². The number of nitrogens with one attached hydrogen (secondary N) is 1. The molecular formula is C31H37ClN2O2S. The normalized spacial score (nSPS) is 12.5. The molecule has 2 unspecified atom stereocenters. The summed E-state index contributed by atoms with van der Waals surface area (Å²) in [6, 6.07) is 25.3. The van der Waals surface area contributed by atoms with E-state index < -0.39 is 6.04 Å². The fraction of sp³-hybridized carbons (Fsp3) is 0.355. The molecule has 196 valence electrons. The summed E-state index contributed by atoms with van der Waals surface area (Å²) in [5, 5.41) is 3.84. The Morgan fingerprint density at radius 2 is 1.68 bits per heavy atom. The number of nitrogens with zero attached hydrogens (tertiary/aromatic N) is 1. The Balaban J connectivity index is 1.79. The van der Waals surface area contributed by atoms with Gasteiger partial charge in [0.05, 0.1) is 0 Å². The lowest BCUT2D eigenvalue weighted by Gasteiger charge is -2.32. The largest absolute Gasteiger partial charge is 0.352 e. The molecule has 3 aromatic carbocycles. The summed E-state index contributed by atoms with van der Waals surface area (Å²) in [6.45, 7) is 6.49. The molecule has 3 aromatic rings. The van der Waals surface area contributed by atoms with Crippen LogP contribution in [0.4, 0.5) is 0 Å². The molecule has 0 aliphatic heterocycles. The predicted octanol–water partition coefficient (Wildman–Crippen LogP) is 7.08. The van der Waals surface area contributed by atoms with Crippen LogP contribution < -0.4 is 5.32 Å². The number of benzene rings is 3. The van der Waals surface area contributed by atoms with Gasteiger partial charge in [-0.1, -0.05) is 78.7 Å². The maximum Gasteiger partial charge on any atom is 0.243 e. The zero-order valence-electron chi connectivity index (χ0n) is 22.0. The summed E-state index contributed by atoms with van der Waals surface area (Å²) in [5.74, 6) is 0.710. The second kappa shape index (κ2) is 14.8. The number of thioether (sulfide) groups is 1. The van der Waals surface area contributed by atoms with Gasteiger partial charge < -0.3 is 10.2 Å². The van der Waals surface area contributed by atoms with Crippen LogP contribution in [0.3, 0.4) is 0 Å². The van der Waals surface area contributed by atoms with Crippen molar-refractivity contribution in [2.75, 3.05) is 5.75 Å². The summed E-state index contributed by atoms with van der Waals surface area (Å²) in [6.07, 6.45) is 2.41. The van der Waals surface area contributed by atoms with E-state index in [-0.39, 0.29) is 17.9 Å². The van der Waals surface area contributed by atoms with Crippen molar-refractivity contribution in [3.63, 3.8) is 0 Å². The monoisotopic (exact) mass is 536 g/mol. The van der Waals surface area contributed by atoms with Crippen molar-refractivity contribution in [2.45, 2.75) is 70.0 Å². The van der Waals surface area contributed by atoms with E-state index in [1.165, 1.54) is 0 Å². The topological polar surface area (TPSA) is 49.4 Å². The summed E-state index contributed by atoms with van der Waals surface area (Å²) < 4.78 is 0. The first-order valence-corrected chi connectivity index (χ1v) is 14.3. The van der Waals surface area contributed by atoms with Gasteiger partial charge in [-0.05, 0) is 67.8 Å². The van der Waals surface area contributed by atoms with Crippen LogP contribution in [0.15, 0.2) is 83.8 Å². The molecule has 0 aliphatic carbocycles. The highest BCUT2D eigenvalue weighted by atomic mass is 35.5. The van der Waals surface area contributed by atoms with Gasteiger partial charge >= 0.3 is 0 Å². The summed E-state index contributed by atoms with van der Waals surface area (Å²) >= 11 is 7.70. The fourth-order valence-corrected chi connectivity index (χ4v) is 5.07. The molecule has 6 heteroatoms. The molecule has 0 fully saturated rings. The lowest BCUT2D eigenvalue weighted by molar-refractivity contribution is -0.141. The van der Waals surface area contributed by atoms with Crippen LogP contribution in [0.5, 0.6) is 0 Å². The van der Waals surface area contributed by atoms with E-state index in [1.54, 1.807) is 16.7 Å². The number of halogens is 1. The number of hydrogen-bond donors (Lipinski definition) is 1. The molecule has 0 aromatic heterocycles. The summed E-state index contributed by atoms with van der Waals surface area (Å²) in [4.78, 5) is 30.2. The number of amides is 2. The van der Waals surface area contributed by atoms with E-state index in [0.717, 1.165) is 40.2 Å². The van der Waals surface area contributed by atoms with Crippen molar-refractivity contribution in [3.8, 4) is 0 Å². The molecule has 0 aliphatic rings. The highest BCUT2D eigenvalue weighted by molar-refractivity contribution is 7.99. The smallest absolute Gasteiger partial charge is 0.243 e. The molecule has 4 nitrogen and oxygen atoms in total. The fourth-order valence-electron chi connectivity index (χ4n) is 4.09. The first kappa shape index (κ1) is 28.8. The van der Waals surface area contributed by atoms with Crippen LogP contribution in [-0.2, 0) is 22.6 Å². The first-order chi connectivity index (χ1) is 17.9. The van der Waals surface area contributed by atoms with Gasteiger partial charge in [-0.2, -0.15) is 0 Å². The molecular weight excluding hydrogens is 500 g/mol. The minimum atomic E-state index is -0.590. The molecule has 0 saturated carbocycles. The van der Waals surface area contributed by atoms with Crippen LogP contribution >= 0.6 is 23.4 Å². The van der Waals surface area contributed by atoms with Crippen molar-refractivity contribution in [1.29, 1.82) is 0 Å². The second-order valence-electron chi connectivity index (χ2n) is 9.44. The molecule has 0 saturated heterocycles. The molecule has 2 atom stereocenters. The van der Waals surface area contributed by atoms with E-state index in [1.807, 2.05) is 93.6 Å². The van der Waals surface area contributed by atoms with Crippen molar-refractivity contribution in [1.82, 2.24) is 10.2 Å². The minimum Gasteiger partial charge on any atom is -0.352 e. The highest BCUT2D eigenvalue weighted by Gasteiger charge is 2.30. The molecule has 3 rings (SSSR count). The number of carbonyl (C=O) groups excluding carboxylic acids is 2. The molecule has 0 bridgehead atoms. The molecule has 1 N–H and O–H groups in total. The Morgan fingerprint density at radius 1 is 0.973 bits per heavy atom. The average molecular weight is 537 g/mol. The Labute approximate surface area is 230 Å². The van der Waals surface area contributed by atoms with Crippen LogP contribution in [-0.4, -0.2) is 34.6 Å². The maximum atomic E-state index is 13.7. The van der Waals surface area contributed by atoms with Gasteiger partial charge in [0, 0.05) is 35.3 Å². The van der Waals surface area contributed by atoms with Crippen molar-refractivity contribution < 1.29 is 9.59 Å². The Hall–Kier alpha value is -2.76. The standard InChI is InChI=1S/C31H37ClN2O2S/c1-4-24(3)33-31(36)29(21-25-11-6-5-7-12-25)34(22-26-13-8-10-23(2)20-26)30(35)14-9-19-37-28-17-15-27(32)16-18-28/h5-8,10-13,15-18,20,24,29H,4,9,14,19,21-22H2,1-3H3,(H,33,36). The van der Waals surface area contributed by atoms with Crippen molar-refractivity contribution >= 4 is 35.2 Å². The van der Waals surface area contributed by atoms with E-state index >= 15 is 0 Å². The molecule has 2 amide bonds. The minimum absolute atomic E-state index is 0.00144. The number of carbonyl (C=O) groups is 2. The summed E-state index contributed by atoms with van der Waals surface area (Å²) in [7, 11) is 0. The second-order valence-corrected chi connectivity index (χ2v) is 11.0. The summed E-state index contributed by atoms with van der Waals surface area (Å²) in [5.41, 5.74) is 3.19. The van der Waals surface area contributed by atoms with E-state index in [2.05, 4.69) is 11.4 Å². The predicted molar refractivity (Wildman–Crippen MR) is 155 cm³/mol. The van der Waals surface area contributed by atoms with Crippen LogP contribution in [0.25, 0.3) is 0 Å². The quantitative estimate of drug-likeness (QED) is 0.188. The SMILES string of the molecule is CCC(C)NC(=O)C(Cc1ccccc1)N(Cc1cccc(C)c1)C(=O)CCCSc1ccc(Cl)cc1. The van der Waals surface area contributed by atoms with Gasteiger partial charge in [-0.15, -0.1) is 11.8 Å². The lowest BCUT2D eigenvalue weighted by atomic mass is 10.0. The number of hydrogen-bond acceptors (Lipinski definition) is 3. The third-order valence-corrected chi connectivity index (χ3v) is 7.68. The average Bonchev–Trinajstić information content (AvgIpc) is 2.90. The van der Waals surface area contributed by atoms with Gasteiger partial charge in [-0.25, -0.2) is 0 Å². The van der Waals surface area contributed by atoms with E-state index in [9.17, 15) is 9.59 Å². The number of rotatable bonds is 13. The van der Waals surface area contributed by atoms with E-state index in [0.29, 0.717) is 24.4 Å². The van der Waals surface area contributed by atoms with Gasteiger partial charge in [0.25, 0.3) is 0 Å². The number of aryl methyl sites for hydroxylation is 1. The molecule has 37 heavy (non-hydrogen) atoms. The maximum absolute atomic E-state index is 13.7. The first-order valence-electron chi connectivity index (χ1n) is 12.9. The van der Waals surface area contributed by atoms with Crippen LogP contribution in [0.2, 0.25) is 5.02 Å².